The van der Waals surface area contributed by atoms with Gasteiger partial charge in [0.1, 0.15) is 6.10 Å². The highest BCUT2D eigenvalue weighted by atomic mass is 16.5. The Bertz CT molecular complexity index is 211. The summed E-state index contributed by atoms with van der Waals surface area (Å²) in [6.07, 6.45) is 12.3. The lowest BCUT2D eigenvalue weighted by atomic mass is 9.90. The van der Waals surface area contributed by atoms with Crippen LogP contribution in [0.5, 0.6) is 0 Å². The zero-order chi connectivity index (χ0) is 15.2. The Labute approximate surface area is 126 Å². The highest BCUT2D eigenvalue weighted by Gasteiger charge is 2.15. The second-order valence-electron chi connectivity index (χ2n) is 6.11. The lowest BCUT2D eigenvalue weighted by molar-refractivity contribution is -0.134. The largest absolute Gasteiger partial charge is 0.465 e. The van der Waals surface area contributed by atoms with Gasteiger partial charge in [-0.25, -0.2) is 0 Å². The maximum Gasteiger partial charge on any atom is 0.293 e. The fourth-order valence-electron chi connectivity index (χ4n) is 2.94. The molecule has 0 aliphatic rings. The molecule has 0 saturated carbocycles. The highest BCUT2D eigenvalue weighted by Crippen LogP contribution is 2.23. The predicted molar refractivity (Wildman–Crippen MR) is 86.8 cm³/mol. The molecule has 0 spiro atoms. The zero-order valence-electron chi connectivity index (χ0n) is 14.2. The fourth-order valence-corrected chi connectivity index (χ4v) is 2.94. The molecule has 0 aromatic rings. The van der Waals surface area contributed by atoms with Crippen LogP contribution in [-0.2, 0) is 9.53 Å². The van der Waals surface area contributed by atoms with Crippen LogP contribution in [0.25, 0.3) is 0 Å². The van der Waals surface area contributed by atoms with Crippen LogP contribution >= 0.6 is 0 Å². The van der Waals surface area contributed by atoms with Gasteiger partial charge in [-0.2, -0.15) is 0 Å². The molecular weight excluding hydrogens is 248 g/mol. The van der Waals surface area contributed by atoms with Gasteiger partial charge in [0, 0.05) is 0 Å². The van der Waals surface area contributed by atoms with Crippen LogP contribution in [0.2, 0.25) is 0 Å². The Hall–Kier alpha value is -0.530. The minimum Gasteiger partial charge on any atom is -0.465 e. The Kier molecular flexibility index (Phi) is 13.1. The van der Waals surface area contributed by atoms with Crippen LogP contribution in [0.15, 0.2) is 0 Å². The van der Waals surface area contributed by atoms with Gasteiger partial charge in [-0.3, -0.25) is 4.79 Å². The minimum absolute atomic E-state index is 0.142. The van der Waals surface area contributed by atoms with E-state index in [0.717, 1.165) is 24.7 Å². The van der Waals surface area contributed by atoms with Crippen molar-refractivity contribution in [2.45, 2.75) is 98.0 Å². The van der Waals surface area contributed by atoms with Gasteiger partial charge in [0.05, 0.1) is 0 Å². The minimum atomic E-state index is 0.142. The quantitative estimate of drug-likeness (QED) is 0.380. The van der Waals surface area contributed by atoms with E-state index in [1.54, 1.807) is 0 Å². The van der Waals surface area contributed by atoms with Crippen LogP contribution in [0, 0.1) is 11.8 Å². The van der Waals surface area contributed by atoms with Gasteiger partial charge in [0.2, 0.25) is 0 Å². The second kappa shape index (κ2) is 13.5. The van der Waals surface area contributed by atoms with Crippen molar-refractivity contribution in [3.8, 4) is 0 Å². The summed E-state index contributed by atoms with van der Waals surface area (Å²) in [6.45, 7) is 9.68. The summed E-state index contributed by atoms with van der Waals surface area (Å²) >= 11 is 0. The Morgan fingerprint density at radius 3 is 1.80 bits per heavy atom. The van der Waals surface area contributed by atoms with Crippen molar-refractivity contribution >= 4 is 6.47 Å². The molecule has 0 rings (SSSR count). The average molecular weight is 284 g/mol. The van der Waals surface area contributed by atoms with Crippen LogP contribution in [0.3, 0.4) is 0 Å². The van der Waals surface area contributed by atoms with Crippen molar-refractivity contribution in [2.24, 2.45) is 11.8 Å². The summed E-state index contributed by atoms with van der Waals surface area (Å²) in [6, 6.07) is 0. The third-order valence-electron chi connectivity index (χ3n) is 4.74. The van der Waals surface area contributed by atoms with Crippen molar-refractivity contribution in [1.29, 1.82) is 0 Å². The van der Waals surface area contributed by atoms with E-state index in [4.69, 9.17) is 4.74 Å². The highest BCUT2D eigenvalue weighted by molar-refractivity contribution is 5.37. The van der Waals surface area contributed by atoms with Crippen molar-refractivity contribution < 1.29 is 9.53 Å². The fraction of sp³-hybridized carbons (Fsp3) is 0.944. The maximum atomic E-state index is 10.7. The van der Waals surface area contributed by atoms with E-state index in [1.807, 2.05) is 0 Å². The molecule has 120 valence electrons. The molecule has 0 radical (unpaired) electrons. The Morgan fingerprint density at radius 1 is 0.800 bits per heavy atom. The number of ether oxygens (including phenoxy) is 1. The summed E-state index contributed by atoms with van der Waals surface area (Å²) in [5.41, 5.74) is 0. The van der Waals surface area contributed by atoms with Crippen molar-refractivity contribution in [3.63, 3.8) is 0 Å². The van der Waals surface area contributed by atoms with Crippen molar-refractivity contribution in [1.82, 2.24) is 0 Å². The molecule has 0 unspecified atom stereocenters. The summed E-state index contributed by atoms with van der Waals surface area (Å²) in [5.74, 6) is 1.59. The van der Waals surface area contributed by atoms with E-state index in [1.165, 1.54) is 51.4 Å². The summed E-state index contributed by atoms with van der Waals surface area (Å²) in [7, 11) is 0. The first-order chi connectivity index (χ1) is 9.71. The van der Waals surface area contributed by atoms with Crippen molar-refractivity contribution in [3.05, 3.63) is 0 Å². The molecule has 20 heavy (non-hydrogen) atoms. The number of hydrogen-bond acceptors (Lipinski definition) is 2. The molecule has 0 aromatic heterocycles. The second-order valence-corrected chi connectivity index (χ2v) is 6.11. The van der Waals surface area contributed by atoms with E-state index in [9.17, 15) is 4.79 Å². The molecule has 0 aliphatic carbocycles. The predicted octanol–water partition coefficient (Wildman–Crippen LogP) is 5.74. The molecule has 0 N–H and O–H groups in total. The Balaban J connectivity index is 4.07. The third kappa shape index (κ3) is 9.39. The van der Waals surface area contributed by atoms with E-state index < -0.39 is 0 Å². The molecule has 2 nitrogen and oxygen atoms in total. The topological polar surface area (TPSA) is 26.3 Å². The van der Waals surface area contributed by atoms with Gasteiger partial charge in [-0.05, 0) is 37.5 Å². The number of unbranched alkanes of at least 4 members (excludes halogenated alkanes) is 1. The average Bonchev–Trinajstić information content (AvgIpc) is 2.48. The molecule has 0 saturated heterocycles. The van der Waals surface area contributed by atoms with E-state index in [-0.39, 0.29) is 6.10 Å². The van der Waals surface area contributed by atoms with Gasteiger partial charge < -0.3 is 4.74 Å². The molecule has 0 amide bonds. The first-order valence-corrected chi connectivity index (χ1v) is 8.80. The monoisotopic (exact) mass is 284 g/mol. The van der Waals surface area contributed by atoms with Gasteiger partial charge in [-0.15, -0.1) is 0 Å². The zero-order valence-corrected chi connectivity index (χ0v) is 14.2. The summed E-state index contributed by atoms with van der Waals surface area (Å²) in [4.78, 5) is 10.7. The van der Waals surface area contributed by atoms with Crippen LogP contribution in [0.1, 0.15) is 91.9 Å². The van der Waals surface area contributed by atoms with E-state index in [0.29, 0.717) is 6.47 Å². The smallest absolute Gasteiger partial charge is 0.293 e. The molecule has 0 aliphatic heterocycles. The first-order valence-electron chi connectivity index (χ1n) is 8.80. The van der Waals surface area contributed by atoms with Gasteiger partial charge in [-0.1, -0.05) is 66.2 Å². The van der Waals surface area contributed by atoms with E-state index >= 15 is 0 Å². The SMILES string of the molecule is CCCC[C@H](CC)CC[C@@H](CCC(CC)CC)OC=O. The third-order valence-corrected chi connectivity index (χ3v) is 4.74. The lowest BCUT2D eigenvalue weighted by Crippen LogP contribution is -2.16. The van der Waals surface area contributed by atoms with Crippen LogP contribution < -0.4 is 0 Å². The standard InChI is InChI=1S/C18H36O2/c1-5-9-10-17(8-4)12-14-18(20-15-19)13-11-16(6-2)7-3/h15-18H,5-14H2,1-4H3/t17-,18+/m0/s1. The van der Waals surface area contributed by atoms with Gasteiger partial charge >= 0.3 is 0 Å². The lowest BCUT2D eigenvalue weighted by Gasteiger charge is -2.21. The normalized spacial score (nSPS) is 14.2. The molecule has 0 aromatic carbocycles. The molecule has 0 fully saturated rings. The Morgan fingerprint density at radius 2 is 1.35 bits per heavy atom. The number of carbonyl (C=O) groups excluding carboxylic acids is 1. The van der Waals surface area contributed by atoms with E-state index in [2.05, 4.69) is 27.7 Å². The van der Waals surface area contributed by atoms with Crippen LogP contribution in [-0.4, -0.2) is 12.6 Å². The maximum absolute atomic E-state index is 10.7. The molecular formula is C18H36O2. The van der Waals surface area contributed by atoms with Crippen molar-refractivity contribution in [2.75, 3.05) is 0 Å². The van der Waals surface area contributed by atoms with Gasteiger partial charge in [0.25, 0.3) is 6.47 Å². The molecule has 2 atom stereocenters. The molecule has 0 heterocycles. The number of rotatable bonds is 14. The molecule has 2 heteroatoms. The molecule has 0 bridgehead atoms. The summed E-state index contributed by atoms with van der Waals surface area (Å²) < 4.78 is 5.30. The number of carbonyl (C=O) groups is 1. The van der Waals surface area contributed by atoms with Gasteiger partial charge in [0.15, 0.2) is 0 Å². The number of hydrogen-bond donors (Lipinski definition) is 0. The summed E-state index contributed by atoms with van der Waals surface area (Å²) in [5, 5.41) is 0. The van der Waals surface area contributed by atoms with Crippen LogP contribution in [0.4, 0.5) is 0 Å². The first kappa shape index (κ1) is 19.5.